The van der Waals surface area contributed by atoms with Crippen molar-refractivity contribution < 1.29 is 17.9 Å². The van der Waals surface area contributed by atoms with Crippen LogP contribution < -0.4 is 0 Å². The standard InChI is InChI=1S/C12H10Cl4O4S/c13-7-5-8(21(16,18)19)11(15)9(10(7)14)12(17)20-6-3-1-2-4-6/h5-6H,1-4H2. The first kappa shape index (κ1) is 17.2. The van der Waals surface area contributed by atoms with Crippen molar-refractivity contribution in [1.82, 2.24) is 0 Å². The molecule has 0 heterocycles. The molecule has 1 aliphatic rings. The molecular formula is C12H10Cl4O4S. The van der Waals surface area contributed by atoms with Crippen molar-refractivity contribution in [3.63, 3.8) is 0 Å². The lowest BCUT2D eigenvalue weighted by atomic mass is 10.2. The van der Waals surface area contributed by atoms with E-state index < -0.39 is 19.9 Å². The van der Waals surface area contributed by atoms with E-state index in [-0.39, 0.29) is 26.7 Å². The largest absolute Gasteiger partial charge is 0.459 e. The first-order chi connectivity index (χ1) is 9.71. The van der Waals surface area contributed by atoms with Crippen molar-refractivity contribution in [2.45, 2.75) is 36.7 Å². The molecule has 0 unspecified atom stereocenters. The smallest absolute Gasteiger partial charge is 0.341 e. The summed E-state index contributed by atoms with van der Waals surface area (Å²) in [5.74, 6) is -0.805. The number of esters is 1. The zero-order valence-corrected chi connectivity index (χ0v) is 14.4. The molecule has 4 nitrogen and oxygen atoms in total. The van der Waals surface area contributed by atoms with Gasteiger partial charge in [0.15, 0.2) is 0 Å². The molecule has 0 bridgehead atoms. The van der Waals surface area contributed by atoms with Crippen LogP contribution in [0.2, 0.25) is 15.1 Å². The Hall–Kier alpha value is -0.200. The highest BCUT2D eigenvalue weighted by atomic mass is 35.7. The van der Waals surface area contributed by atoms with Crippen molar-refractivity contribution in [1.29, 1.82) is 0 Å². The van der Waals surface area contributed by atoms with Gasteiger partial charge in [-0.25, -0.2) is 13.2 Å². The van der Waals surface area contributed by atoms with E-state index in [0.717, 1.165) is 31.7 Å². The number of carbonyl (C=O) groups is 1. The van der Waals surface area contributed by atoms with Crippen LogP contribution >= 0.6 is 45.5 Å². The number of halogens is 4. The summed E-state index contributed by atoms with van der Waals surface area (Å²) in [4.78, 5) is 11.7. The Morgan fingerprint density at radius 3 is 2.24 bits per heavy atom. The van der Waals surface area contributed by atoms with Gasteiger partial charge in [0.25, 0.3) is 9.05 Å². The summed E-state index contributed by atoms with van der Waals surface area (Å²) in [7, 11) is 1.10. The minimum atomic E-state index is -4.17. The third kappa shape index (κ3) is 3.77. The number of ether oxygens (including phenoxy) is 1. The third-order valence-corrected chi connectivity index (χ3v) is 5.80. The van der Waals surface area contributed by atoms with Crippen LogP contribution in [0.15, 0.2) is 11.0 Å². The fraction of sp³-hybridized carbons (Fsp3) is 0.417. The molecule has 1 fully saturated rings. The maximum atomic E-state index is 12.2. The monoisotopic (exact) mass is 390 g/mol. The van der Waals surface area contributed by atoms with Crippen molar-refractivity contribution >= 4 is 60.5 Å². The number of hydrogen-bond acceptors (Lipinski definition) is 4. The molecule has 0 amide bonds. The minimum absolute atomic E-state index is 0.140. The Morgan fingerprint density at radius 1 is 1.14 bits per heavy atom. The lowest BCUT2D eigenvalue weighted by molar-refractivity contribution is 0.0318. The minimum Gasteiger partial charge on any atom is -0.459 e. The Morgan fingerprint density at radius 2 is 1.71 bits per heavy atom. The molecule has 0 spiro atoms. The molecule has 1 aromatic carbocycles. The van der Waals surface area contributed by atoms with E-state index in [1.807, 2.05) is 0 Å². The Bertz CT molecular complexity index is 681. The summed E-state index contributed by atoms with van der Waals surface area (Å²) in [6.45, 7) is 0. The normalized spacial score (nSPS) is 16.2. The van der Waals surface area contributed by atoms with Crippen molar-refractivity contribution in [3.8, 4) is 0 Å². The van der Waals surface area contributed by atoms with E-state index in [9.17, 15) is 13.2 Å². The second-order valence-corrected chi connectivity index (χ2v) is 8.31. The van der Waals surface area contributed by atoms with Crippen LogP contribution in [0, 0.1) is 0 Å². The second-order valence-electron chi connectivity index (χ2n) is 4.61. The third-order valence-electron chi connectivity index (χ3n) is 3.17. The van der Waals surface area contributed by atoms with E-state index in [2.05, 4.69) is 0 Å². The maximum Gasteiger partial charge on any atom is 0.341 e. The topological polar surface area (TPSA) is 60.4 Å². The van der Waals surface area contributed by atoms with Crippen LogP contribution in [-0.4, -0.2) is 20.5 Å². The fourth-order valence-electron chi connectivity index (χ4n) is 2.15. The zero-order chi connectivity index (χ0) is 15.8. The molecule has 116 valence electrons. The van der Waals surface area contributed by atoms with Crippen molar-refractivity contribution in [2.75, 3.05) is 0 Å². The molecule has 0 saturated heterocycles. The molecule has 0 atom stereocenters. The van der Waals surface area contributed by atoms with Gasteiger partial charge in [0.2, 0.25) is 0 Å². The van der Waals surface area contributed by atoms with Crippen LogP contribution in [0.3, 0.4) is 0 Å². The van der Waals surface area contributed by atoms with Gasteiger partial charge in [-0.1, -0.05) is 34.8 Å². The SMILES string of the molecule is O=C(OC1CCCC1)c1c(Cl)c(Cl)cc(S(=O)(=O)Cl)c1Cl. The molecule has 21 heavy (non-hydrogen) atoms. The van der Waals surface area contributed by atoms with Crippen LogP contribution in [0.1, 0.15) is 36.0 Å². The zero-order valence-electron chi connectivity index (χ0n) is 10.5. The summed E-state index contributed by atoms with van der Waals surface area (Å²) in [5, 5.41) is -0.685. The van der Waals surface area contributed by atoms with E-state index in [1.165, 1.54) is 0 Å². The lowest BCUT2D eigenvalue weighted by Gasteiger charge is -2.15. The first-order valence-corrected chi connectivity index (χ1v) is 9.49. The molecule has 2 rings (SSSR count). The van der Waals surface area contributed by atoms with Crippen LogP contribution in [0.25, 0.3) is 0 Å². The highest BCUT2D eigenvalue weighted by molar-refractivity contribution is 8.13. The van der Waals surface area contributed by atoms with E-state index >= 15 is 0 Å². The Balaban J connectivity index is 2.46. The number of hydrogen-bond donors (Lipinski definition) is 0. The second kappa shape index (κ2) is 6.50. The molecule has 0 radical (unpaired) electrons. The van der Waals surface area contributed by atoms with Crippen LogP contribution in [0.5, 0.6) is 0 Å². The van der Waals surface area contributed by atoms with Gasteiger partial charge in [-0.05, 0) is 31.7 Å². The summed E-state index contributed by atoms with van der Waals surface area (Å²) < 4.78 is 28.2. The van der Waals surface area contributed by atoms with Gasteiger partial charge in [0, 0.05) is 10.7 Å². The van der Waals surface area contributed by atoms with E-state index in [1.54, 1.807) is 0 Å². The predicted molar refractivity (Wildman–Crippen MR) is 82.2 cm³/mol. The molecule has 1 aromatic rings. The summed E-state index contributed by atoms with van der Waals surface area (Å²) in [6.07, 6.45) is 3.22. The van der Waals surface area contributed by atoms with Gasteiger partial charge in [0.1, 0.15) is 11.0 Å². The van der Waals surface area contributed by atoms with Gasteiger partial charge in [-0.3, -0.25) is 0 Å². The van der Waals surface area contributed by atoms with Gasteiger partial charge < -0.3 is 4.74 Å². The number of carbonyl (C=O) groups excluding carboxylic acids is 1. The Labute approximate surface area is 141 Å². The average Bonchev–Trinajstić information content (AvgIpc) is 2.85. The van der Waals surface area contributed by atoms with Crippen molar-refractivity contribution in [2.24, 2.45) is 0 Å². The van der Waals surface area contributed by atoms with Crippen LogP contribution in [0.4, 0.5) is 0 Å². The summed E-state index contributed by atoms with van der Waals surface area (Å²) in [5.41, 5.74) is -0.281. The highest BCUT2D eigenvalue weighted by Gasteiger charge is 2.29. The quantitative estimate of drug-likeness (QED) is 0.426. The molecule has 1 aliphatic carbocycles. The fourth-order valence-corrected chi connectivity index (χ4v) is 4.29. The van der Waals surface area contributed by atoms with Crippen LogP contribution in [-0.2, 0) is 13.8 Å². The lowest BCUT2D eigenvalue weighted by Crippen LogP contribution is -2.16. The Kier molecular flexibility index (Phi) is 5.31. The van der Waals surface area contributed by atoms with Crippen molar-refractivity contribution in [3.05, 3.63) is 26.7 Å². The molecular weight excluding hydrogens is 382 g/mol. The molecule has 0 aliphatic heterocycles. The van der Waals surface area contributed by atoms with Gasteiger partial charge >= 0.3 is 5.97 Å². The maximum absolute atomic E-state index is 12.2. The number of benzene rings is 1. The first-order valence-electron chi connectivity index (χ1n) is 6.05. The number of rotatable bonds is 3. The molecule has 1 saturated carbocycles. The predicted octanol–water partition coefficient (Wildman–Crippen LogP) is 4.67. The van der Waals surface area contributed by atoms with Gasteiger partial charge in [-0.2, -0.15) is 0 Å². The highest BCUT2D eigenvalue weighted by Crippen LogP contribution is 2.38. The van der Waals surface area contributed by atoms with Gasteiger partial charge in [0.05, 0.1) is 20.6 Å². The summed E-state index contributed by atoms with van der Waals surface area (Å²) >= 11 is 17.7. The van der Waals surface area contributed by atoms with E-state index in [4.69, 9.17) is 50.2 Å². The molecule has 9 heteroatoms. The molecule has 0 aromatic heterocycles. The van der Waals surface area contributed by atoms with Gasteiger partial charge in [-0.15, -0.1) is 0 Å². The van der Waals surface area contributed by atoms with E-state index in [0.29, 0.717) is 0 Å². The summed E-state index contributed by atoms with van der Waals surface area (Å²) in [6, 6.07) is 1.00. The molecule has 0 N–H and O–H groups in total. The average molecular weight is 392 g/mol.